The summed E-state index contributed by atoms with van der Waals surface area (Å²) in [5.41, 5.74) is 14.0. The third-order valence-electron chi connectivity index (χ3n) is 8.09. The Bertz CT molecular complexity index is 1740. The number of aryl methyl sites for hydroxylation is 1. The maximum Gasteiger partial charge on any atom is 0.277 e. The summed E-state index contributed by atoms with van der Waals surface area (Å²) in [7, 11) is 0. The van der Waals surface area contributed by atoms with Crippen LogP contribution in [0, 0.1) is 6.92 Å². The molecule has 4 heterocycles. The van der Waals surface area contributed by atoms with E-state index in [1.807, 2.05) is 36.1 Å². The zero-order valence-electron chi connectivity index (χ0n) is 22.7. The minimum atomic E-state index is -0.238. The summed E-state index contributed by atoms with van der Waals surface area (Å²) >= 11 is 0. The summed E-state index contributed by atoms with van der Waals surface area (Å²) in [6, 6.07) is 22.1. The van der Waals surface area contributed by atoms with Crippen molar-refractivity contribution in [3.63, 3.8) is 0 Å². The van der Waals surface area contributed by atoms with Crippen LogP contribution in [-0.4, -0.2) is 56.6 Å². The standard InChI is InChI=1S/C31H30N6O3.H2S/c1-19-25-13-15-36(31(39)29(25)37(33-19)23-10-11-28-27(16-23)30(32)34-40-28)22-8-6-20(7-9-22)26-5-3-2-4-21(26)17-35-14-12-24(38)18-35;/h2-11,16,24,38H,12-15,17-18H2,1H3,(H2,32,34);1H2/t24-;/m0./s1. The number of carbonyl (C=O) groups is 1. The van der Waals surface area contributed by atoms with E-state index in [0.717, 1.165) is 54.1 Å². The molecule has 7 rings (SSSR count). The van der Waals surface area contributed by atoms with Crippen molar-refractivity contribution in [3.05, 3.63) is 89.2 Å². The highest BCUT2D eigenvalue weighted by molar-refractivity contribution is 7.59. The Balaban J connectivity index is 0.00000302. The number of rotatable bonds is 5. The zero-order chi connectivity index (χ0) is 27.4. The third kappa shape index (κ3) is 4.77. The third-order valence-corrected chi connectivity index (χ3v) is 8.09. The Morgan fingerprint density at radius 3 is 2.61 bits per heavy atom. The number of β-amino-alcohol motifs (C(OH)–C–C–N with tert-alkyl or cyclic N) is 1. The molecule has 1 amide bonds. The lowest BCUT2D eigenvalue weighted by molar-refractivity contribution is 0.0973. The Kier molecular flexibility index (Phi) is 7.06. The van der Waals surface area contributed by atoms with Gasteiger partial charge in [-0.05, 0) is 66.8 Å². The number of amides is 1. The predicted molar refractivity (Wildman–Crippen MR) is 164 cm³/mol. The van der Waals surface area contributed by atoms with Crippen molar-refractivity contribution in [2.24, 2.45) is 0 Å². The molecule has 2 aliphatic heterocycles. The number of carbonyl (C=O) groups excluding carboxylic acids is 1. The van der Waals surface area contributed by atoms with Crippen molar-refractivity contribution < 1.29 is 14.4 Å². The fraction of sp³-hybridized carbons (Fsp3) is 0.258. The largest absolute Gasteiger partial charge is 0.392 e. The van der Waals surface area contributed by atoms with Crippen molar-refractivity contribution in [1.82, 2.24) is 19.8 Å². The van der Waals surface area contributed by atoms with Crippen LogP contribution >= 0.6 is 13.5 Å². The molecule has 210 valence electrons. The zero-order valence-corrected chi connectivity index (χ0v) is 23.7. The number of hydrogen-bond donors (Lipinski definition) is 2. The smallest absolute Gasteiger partial charge is 0.277 e. The Hall–Kier alpha value is -4.12. The number of aromatic nitrogens is 3. The number of benzene rings is 3. The molecule has 10 heteroatoms. The summed E-state index contributed by atoms with van der Waals surface area (Å²) < 4.78 is 6.96. The van der Waals surface area contributed by atoms with E-state index in [4.69, 9.17) is 15.4 Å². The van der Waals surface area contributed by atoms with Crippen molar-refractivity contribution in [2.75, 3.05) is 30.3 Å². The summed E-state index contributed by atoms with van der Waals surface area (Å²) in [5.74, 6) is 0.225. The van der Waals surface area contributed by atoms with Crippen molar-refractivity contribution in [2.45, 2.75) is 32.4 Å². The van der Waals surface area contributed by atoms with Gasteiger partial charge in [-0.3, -0.25) is 9.69 Å². The average Bonchev–Trinajstić information content (AvgIpc) is 3.66. The van der Waals surface area contributed by atoms with Gasteiger partial charge < -0.3 is 20.3 Å². The monoisotopic (exact) mass is 568 g/mol. The molecule has 9 nitrogen and oxygen atoms in total. The second-order valence-corrected chi connectivity index (χ2v) is 10.7. The van der Waals surface area contributed by atoms with Crippen LogP contribution in [0.5, 0.6) is 0 Å². The second kappa shape index (κ2) is 10.7. The van der Waals surface area contributed by atoms with Crippen molar-refractivity contribution >= 4 is 41.9 Å². The minimum Gasteiger partial charge on any atom is -0.392 e. The predicted octanol–water partition coefficient (Wildman–Crippen LogP) is 4.45. The second-order valence-electron chi connectivity index (χ2n) is 10.7. The molecule has 0 saturated carbocycles. The molecule has 1 atom stereocenters. The van der Waals surface area contributed by atoms with Gasteiger partial charge in [-0.15, -0.1) is 0 Å². The van der Waals surface area contributed by atoms with E-state index in [9.17, 15) is 9.90 Å². The van der Waals surface area contributed by atoms with Gasteiger partial charge in [-0.1, -0.05) is 41.6 Å². The first kappa shape index (κ1) is 27.1. The Labute approximate surface area is 244 Å². The molecule has 0 spiro atoms. The number of hydrogen-bond acceptors (Lipinski definition) is 7. The Morgan fingerprint density at radius 2 is 1.83 bits per heavy atom. The molecular weight excluding hydrogens is 536 g/mol. The van der Waals surface area contributed by atoms with Crippen LogP contribution in [0.1, 0.15) is 33.7 Å². The number of nitrogens with zero attached hydrogens (tertiary/aromatic N) is 5. The molecular formula is C31H32N6O3S. The first-order chi connectivity index (χ1) is 19.5. The summed E-state index contributed by atoms with van der Waals surface area (Å²) in [5, 5.41) is 19.2. The molecule has 5 aromatic rings. The molecule has 0 radical (unpaired) electrons. The minimum absolute atomic E-state index is 0. The summed E-state index contributed by atoms with van der Waals surface area (Å²) in [4.78, 5) is 18.0. The number of nitrogen functional groups attached to an aromatic ring is 1. The van der Waals surface area contributed by atoms with E-state index in [1.165, 1.54) is 11.1 Å². The van der Waals surface area contributed by atoms with Gasteiger partial charge >= 0.3 is 0 Å². The average molecular weight is 569 g/mol. The van der Waals surface area contributed by atoms with Gasteiger partial charge in [0, 0.05) is 37.4 Å². The van der Waals surface area contributed by atoms with E-state index >= 15 is 0 Å². The van der Waals surface area contributed by atoms with Crippen molar-refractivity contribution in [3.8, 4) is 16.8 Å². The SMILES string of the molecule is Cc1nn(-c2ccc3onc(N)c3c2)c2c1CCN(c1ccc(-c3ccccc3CN3CC[C@H](O)C3)cc1)C2=O.S. The number of anilines is 2. The van der Waals surface area contributed by atoms with Gasteiger partial charge in [0.15, 0.2) is 11.4 Å². The topological polar surface area (TPSA) is 114 Å². The molecule has 2 aliphatic rings. The van der Waals surface area contributed by atoms with Crippen LogP contribution in [-0.2, 0) is 13.0 Å². The van der Waals surface area contributed by atoms with Gasteiger partial charge in [0.25, 0.3) is 5.91 Å². The number of aliphatic hydroxyl groups excluding tert-OH is 1. The fourth-order valence-corrected chi connectivity index (χ4v) is 6.00. The van der Waals surface area contributed by atoms with Crippen LogP contribution in [0.2, 0.25) is 0 Å². The van der Waals surface area contributed by atoms with E-state index in [2.05, 4.69) is 46.5 Å². The van der Waals surface area contributed by atoms with Gasteiger partial charge in [0.1, 0.15) is 5.69 Å². The van der Waals surface area contributed by atoms with Gasteiger partial charge in [-0.25, -0.2) is 4.68 Å². The van der Waals surface area contributed by atoms with Gasteiger partial charge in [0.05, 0.1) is 22.9 Å². The first-order valence-electron chi connectivity index (χ1n) is 13.6. The van der Waals surface area contributed by atoms with Crippen LogP contribution in [0.15, 0.2) is 71.3 Å². The van der Waals surface area contributed by atoms with Crippen LogP contribution in [0.25, 0.3) is 27.8 Å². The number of nitrogens with two attached hydrogens (primary N) is 1. The molecule has 1 fully saturated rings. The maximum atomic E-state index is 13.9. The Morgan fingerprint density at radius 1 is 1.05 bits per heavy atom. The maximum absolute atomic E-state index is 13.9. The highest BCUT2D eigenvalue weighted by Crippen LogP contribution is 2.32. The molecule has 0 bridgehead atoms. The molecule has 0 aliphatic carbocycles. The quantitative estimate of drug-likeness (QED) is 0.322. The lowest BCUT2D eigenvalue weighted by Gasteiger charge is -2.28. The molecule has 0 unspecified atom stereocenters. The number of likely N-dealkylation sites (tertiary alicyclic amines) is 1. The normalized spacial score (nSPS) is 17.2. The highest BCUT2D eigenvalue weighted by atomic mass is 32.1. The van der Waals surface area contributed by atoms with E-state index in [1.54, 1.807) is 10.7 Å². The molecule has 1 saturated heterocycles. The summed E-state index contributed by atoms with van der Waals surface area (Å²) in [6.07, 6.45) is 1.30. The molecule has 41 heavy (non-hydrogen) atoms. The lowest BCUT2D eigenvalue weighted by atomic mass is 9.98. The first-order valence-corrected chi connectivity index (χ1v) is 13.6. The van der Waals surface area contributed by atoms with Crippen LogP contribution < -0.4 is 10.6 Å². The van der Waals surface area contributed by atoms with E-state index < -0.39 is 0 Å². The van der Waals surface area contributed by atoms with Crippen LogP contribution in [0.3, 0.4) is 0 Å². The number of fused-ring (bicyclic) bond motifs is 2. The lowest BCUT2D eigenvalue weighted by Crippen LogP contribution is -2.38. The molecule has 2 aromatic heterocycles. The molecule has 3 N–H and O–H groups in total. The van der Waals surface area contributed by atoms with E-state index in [-0.39, 0.29) is 25.5 Å². The van der Waals surface area contributed by atoms with Gasteiger partial charge in [-0.2, -0.15) is 18.6 Å². The molecule has 3 aromatic carbocycles. The highest BCUT2D eigenvalue weighted by Gasteiger charge is 2.32. The van der Waals surface area contributed by atoms with Gasteiger partial charge in [0.2, 0.25) is 0 Å². The number of aliphatic hydroxyl groups is 1. The van der Waals surface area contributed by atoms with E-state index in [0.29, 0.717) is 35.6 Å². The fourth-order valence-electron chi connectivity index (χ4n) is 6.00. The summed E-state index contributed by atoms with van der Waals surface area (Å²) in [6.45, 7) is 4.95. The van der Waals surface area contributed by atoms with Crippen LogP contribution in [0.4, 0.5) is 11.5 Å². The van der Waals surface area contributed by atoms with Crippen molar-refractivity contribution in [1.29, 1.82) is 0 Å².